The van der Waals surface area contributed by atoms with E-state index in [0.717, 1.165) is 37.5 Å². The third kappa shape index (κ3) is 4.00. The number of fused-ring (bicyclic) bond motifs is 2. The van der Waals surface area contributed by atoms with Gasteiger partial charge in [-0.05, 0) is 40.5 Å². The van der Waals surface area contributed by atoms with Gasteiger partial charge in [0.2, 0.25) is 0 Å². The van der Waals surface area contributed by atoms with Crippen molar-refractivity contribution in [3.8, 4) is 5.75 Å². The van der Waals surface area contributed by atoms with Gasteiger partial charge in [0.25, 0.3) is 0 Å². The zero-order chi connectivity index (χ0) is 21.2. The van der Waals surface area contributed by atoms with Gasteiger partial charge in [0.1, 0.15) is 12.4 Å². The topological polar surface area (TPSA) is 9.23 Å². The summed E-state index contributed by atoms with van der Waals surface area (Å²) in [5.74, 6) is 0.942. The van der Waals surface area contributed by atoms with Crippen molar-refractivity contribution < 1.29 is 4.74 Å². The third-order valence-corrected chi connectivity index (χ3v) is 7.20. The van der Waals surface area contributed by atoms with Gasteiger partial charge in [0.05, 0.1) is 0 Å². The van der Waals surface area contributed by atoms with E-state index in [4.69, 9.17) is 4.74 Å². The molecule has 0 aliphatic rings. The van der Waals surface area contributed by atoms with Gasteiger partial charge in [0, 0.05) is 25.3 Å². The first-order valence-corrected chi connectivity index (χ1v) is 11.8. The molecular weight excluding hydrogens is 512 g/mol. The number of benzene rings is 5. The first kappa shape index (κ1) is 20.3. The molecule has 5 aromatic rings. The second-order valence-electron chi connectivity index (χ2n) is 7.55. The smallest absolute Gasteiger partial charge is 0.135 e. The van der Waals surface area contributed by atoms with Crippen LogP contribution >= 0.6 is 31.9 Å². The van der Waals surface area contributed by atoms with Crippen molar-refractivity contribution in [1.82, 2.24) is 0 Å². The molecule has 0 radical (unpaired) electrons. The van der Waals surface area contributed by atoms with Crippen molar-refractivity contribution in [2.24, 2.45) is 0 Å². The Bertz CT molecular complexity index is 1330. The number of halogens is 2. The highest BCUT2D eigenvalue weighted by Crippen LogP contribution is 2.40. The minimum Gasteiger partial charge on any atom is -0.488 e. The highest BCUT2D eigenvalue weighted by Gasteiger charge is 2.16. The molecule has 0 spiro atoms. The van der Waals surface area contributed by atoms with Crippen molar-refractivity contribution >= 4 is 53.4 Å². The molecule has 0 aliphatic carbocycles. The summed E-state index contributed by atoms with van der Waals surface area (Å²) >= 11 is 7.37. The minimum absolute atomic E-state index is 0.513. The van der Waals surface area contributed by atoms with Gasteiger partial charge in [-0.3, -0.25) is 0 Å². The SMILES string of the molecule is Brc1ccccc1COc1c2ccccc2c(Cc2ccccc2Br)c2ccccc12. The Kier molecular flexibility index (Phi) is 5.80. The fraction of sp³-hybridized carbons (Fsp3) is 0.0714. The molecule has 0 heterocycles. The van der Waals surface area contributed by atoms with Crippen molar-refractivity contribution in [1.29, 1.82) is 0 Å². The summed E-state index contributed by atoms with van der Waals surface area (Å²) in [6.07, 6.45) is 0.854. The maximum Gasteiger partial charge on any atom is 0.135 e. The Morgan fingerprint density at radius 1 is 0.516 bits per heavy atom. The van der Waals surface area contributed by atoms with Crippen molar-refractivity contribution in [3.63, 3.8) is 0 Å². The Hall–Kier alpha value is -2.62. The lowest BCUT2D eigenvalue weighted by Crippen LogP contribution is -2.00. The summed E-state index contributed by atoms with van der Waals surface area (Å²) in [7, 11) is 0. The predicted octanol–water partition coefficient (Wildman–Crippen LogP) is 8.69. The predicted molar refractivity (Wildman–Crippen MR) is 137 cm³/mol. The van der Waals surface area contributed by atoms with Gasteiger partial charge in [0.15, 0.2) is 0 Å². The molecule has 0 saturated carbocycles. The molecule has 0 atom stereocenters. The normalized spacial score (nSPS) is 11.2. The maximum atomic E-state index is 6.49. The Labute approximate surface area is 198 Å². The second kappa shape index (κ2) is 8.86. The first-order valence-electron chi connectivity index (χ1n) is 10.2. The molecule has 0 aromatic heterocycles. The summed E-state index contributed by atoms with van der Waals surface area (Å²) in [6.45, 7) is 0.513. The average molecular weight is 532 g/mol. The van der Waals surface area contributed by atoms with Crippen molar-refractivity contribution in [3.05, 3.63) is 123 Å². The molecule has 0 N–H and O–H groups in total. The van der Waals surface area contributed by atoms with Gasteiger partial charge in [-0.1, -0.05) is 117 Å². The monoisotopic (exact) mass is 530 g/mol. The first-order chi connectivity index (χ1) is 15.2. The van der Waals surface area contributed by atoms with Crippen LogP contribution in [0, 0.1) is 0 Å². The second-order valence-corrected chi connectivity index (χ2v) is 9.26. The van der Waals surface area contributed by atoms with Crippen LogP contribution in [0.15, 0.2) is 106 Å². The summed E-state index contributed by atoms with van der Waals surface area (Å²) in [4.78, 5) is 0. The van der Waals surface area contributed by atoms with Crippen LogP contribution in [0.4, 0.5) is 0 Å². The number of hydrogen-bond acceptors (Lipinski definition) is 1. The molecule has 0 unspecified atom stereocenters. The van der Waals surface area contributed by atoms with Crippen LogP contribution in [0.2, 0.25) is 0 Å². The average Bonchev–Trinajstić information content (AvgIpc) is 2.81. The van der Waals surface area contributed by atoms with Gasteiger partial charge >= 0.3 is 0 Å². The Balaban J connectivity index is 1.68. The molecule has 5 aromatic carbocycles. The van der Waals surface area contributed by atoms with Crippen molar-refractivity contribution in [2.75, 3.05) is 0 Å². The highest BCUT2D eigenvalue weighted by molar-refractivity contribution is 9.10. The molecule has 31 heavy (non-hydrogen) atoms. The van der Waals surface area contributed by atoms with Gasteiger partial charge in [-0.25, -0.2) is 0 Å². The quantitative estimate of drug-likeness (QED) is 0.206. The fourth-order valence-corrected chi connectivity index (χ4v) is 4.95. The summed E-state index contributed by atoms with van der Waals surface area (Å²) in [5, 5.41) is 4.77. The van der Waals surface area contributed by atoms with Crippen molar-refractivity contribution in [2.45, 2.75) is 13.0 Å². The van der Waals surface area contributed by atoms with E-state index in [2.05, 4.69) is 117 Å². The lowest BCUT2D eigenvalue weighted by Gasteiger charge is -2.18. The number of rotatable bonds is 5. The van der Waals surface area contributed by atoms with Crippen LogP contribution in [0.1, 0.15) is 16.7 Å². The lowest BCUT2D eigenvalue weighted by atomic mass is 9.91. The molecule has 0 aliphatic heterocycles. The lowest BCUT2D eigenvalue weighted by molar-refractivity contribution is 0.313. The molecule has 0 fully saturated rings. The molecule has 1 nitrogen and oxygen atoms in total. The summed E-state index contributed by atoms with van der Waals surface area (Å²) < 4.78 is 8.69. The fourth-order valence-electron chi connectivity index (χ4n) is 4.12. The van der Waals surface area contributed by atoms with Crippen LogP contribution in [0.5, 0.6) is 5.75 Å². The Morgan fingerprint density at radius 2 is 0.968 bits per heavy atom. The molecule has 0 bridgehead atoms. The van der Waals surface area contributed by atoms with Gasteiger partial charge < -0.3 is 4.74 Å². The standard InChI is InChI=1S/C28H20Br2O/c29-26-15-7-1-9-19(26)17-25-21-11-3-5-13-23(21)28(24-14-6-4-12-22(24)25)31-18-20-10-2-8-16-27(20)30/h1-16H,17-18H2. The Morgan fingerprint density at radius 3 is 1.52 bits per heavy atom. The van der Waals surface area contributed by atoms with Crippen LogP contribution in [-0.4, -0.2) is 0 Å². The largest absolute Gasteiger partial charge is 0.488 e. The van der Waals surface area contributed by atoms with Crippen LogP contribution in [0.25, 0.3) is 21.5 Å². The number of ether oxygens (including phenoxy) is 1. The maximum absolute atomic E-state index is 6.49. The van der Waals surface area contributed by atoms with E-state index >= 15 is 0 Å². The molecule has 152 valence electrons. The van der Waals surface area contributed by atoms with E-state index in [1.54, 1.807) is 0 Å². The molecule has 3 heteroatoms. The van der Waals surface area contributed by atoms with Crippen LogP contribution < -0.4 is 4.74 Å². The zero-order valence-electron chi connectivity index (χ0n) is 16.8. The van der Waals surface area contributed by atoms with E-state index in [9.17, 15) is 0 Å². The van der Waals surface area contributed by atoms with E-state index in [1.807, 2.05) is 12.1 Å². The van der Waals surface area contributed by atoms with E-state index in [1.165, 1.54) is 21.9 Å². The van der Waals surface area contributed by atoms with E-state index < -0.39 is 0 Å². The van der Waals surface area contributed by atoms with Gasteiger partial charge in [-0.2, -0.15) is 0 Å². The van der Waals surface area contributed by atoms with Gasteiger partial charge in [-0.15, -0.1) is 0 Å². The van der Waals surface area contributed by atoms with E-state index in [0.29, 0.717) is 6.61 Å². The summed E-state index contributed by atoms with van der Waals surface area (Å²) in [5.41, 5.74) is 3.74. The zero-order valence-corrected chi connectivity index (χ0v) is 20.0. The molecule has 5 rings (SSSR count). The highest BCUT2D eigenvalue weighted by atomic mass is 79.9. The van der Waals surface area contributed by atoms with E-state index in [-0.39, 0.29) is 0 Å². The minimum atomic E-state index is 0.513. The number of hydrogen-bond donors (Lipinski definition) is 0. The van der Waals surface area contributed by atoms with Crippen LogP contribution in [0.3, 0.4) is 0 Å². The third-order valence-electron chi connectivity index (χ3n) is 5.65. The summed E-state index contributed by atoms with van der Waals surface area (Å²) in [6, 6.07) is 33.8. The molecular formula is C28H20Br2O. The molecule has 0 amide bonds. The molecule has 0 saturated heterocycles. The van der Waals surface area contributed by atoms with Crippen LogP contribution in [-0.2, 0) is 13.0 Å².